The number of aliphatic hydroxyl groups excluding tert-OH is 2. The first-order chi connectivity index (χ1) is 17.9. The van der Waals surface area contributed by atoms with Crippen LogP contribution in [0.25, 0.3) is 0 Å². The van der Waals surface area contributed by atoms with E-state index in [2.05, 4.69) is 5.32 Å². The molecule has 3 saturated carbocycles. The Bertz CT molecular complexity index is 1030. The molecular formula is C29H42FNO7. The second-order valence-corrected chi connectivity index (χ2v) is 12.2. The number of nitrogens with one attached hydrogen (secondary N) is 1. The van der Waals surface area contributed by atoms with Gasteiger partial charge in [-0.15, -0.1) is 0 Å². The zero-order chi connectivity index (χ0) is 27.9. The molecule has 0 heterocycles. The molecule has 4 aliphatic carbocycles. The van der Waals surface area contributed by atoms with Crippen LogP contribution in [0.4, 0.5) is 9.18 Å². The van der Waals surface area contributed by atoms with Gasteiger partial charge >= 0.3 is 6.09 Å². The minimum atomic E-state index is -2.04. The van der Waals surface area contributed by atoms with Gasteiger partial charge in [0.2, 0.25) is 5.78 Å². The van der Waals surface area contributed by atoms with Crippen LogP contribution in [-0.4, -0.2) is 70.1 Å². The van der Waals surface area contributed by atoms with Gasteiger partial charge in [0.05, 0.1) is 6.10 Å². The van der Waals surface area contributed by atoms with Crippen molar-refractivity contribution in [2.75, 3.05) is 19.8 Å². The monoisotopic (exact) mass is 535 g/mol. The van der Waals surface area contributed by atoms with Crippen molar-refractivity contribution in [3.8, 4) is 0 Å². The maximum atomic E-state index is 17.2. The van der Waals surface area contributed by atoms with E-state index in [4.69, 9.17) is 9.84 Å². The van der Waals surface area contributed by atoms with Crippen LogP contribution >= 0.6 is 0 Å². The summed E-state index contributed by atoms with van der Waals surface area (Å²) < 4.78 is 22.4. The molecule has 1 amide bonds. The summed E-state index contributed by atoms with van der Waals surface area (Å²) in [5.41, 5.74) is -5.50. The molecule has 0 aromatic carbocycles. The molecule has 0 radical (unpaired) electrons. The number of ketones is 2. The Hall–Kier alpha value is -2.10. The van der Waals surface area contributed by atoms with Crippen molar-refractivity contribution in [1.29, 1.82) is 0 Å². The topological polar surface area (TPSA) is 133 Å². The number of rotatable bonds is 9. The fraction of sp³-hybridized carbons (Fsp3) is 0.759. The number of unbranched alkanes of at least 4 members (excludes halogenated alkanes) is 3. The van der Waals surface area contributed by atoms with E-state index in [9.17, 15) is 24.6 Å². The highest BCUT2D eigenvalue weighted by Gasteiger charge is 2.75. The molecule has 4 N–H and O–H groups in total. The molecule has 0 aliphatic heterocycles. The normalized spacial score (nSPS) is 41.6. The second-order valence-electron chi connectivity index (χ2n) is 12.2. The van der Waals surface area contributed by atoms with E-state index in [1.807, 2.05) is 0 Å². The number of alkyl carbamates (subject to hydrolysis) is 1. The van der Waals surface area contributed by atoms with Crippen LogP contribution in [0, 0.1) is 28.6 Å². The number of ether oxygens (including phenoxy) is 1. The molecule has 0 bridgehead atoms. The highest BCUT2D eigenvalue weighted by atomic mass is 19.1. The number of halogens is 1. The summed E-state index contributed by atoms with van der Waals surface area (Å²) in [7, 11) is 0. The first kappa shape index (κ1) is 28.9. The Labute approximate surface area is 223 Å². The lowest BCUT2D eigenvalue weighted by Crippen LogP contribution is -2.69. The standard InChI is InChI=1S/C29H42FNO7/c1-18-14-22-21-9-8-19-15-20(33)10-11-26(19,2)28(21,30)23(34)16-27(22,3)29(18,37)24(35)17-38-25(36)31-12-6-4-5-7-13-32/h10-11,15,18,21-23,32,34,37H,4-9,12-14,16-17H2,1-3H3,(H,31,36)/t18-,21?,22?,23?,26?,27?,28+,29+/m1/s1. The lowest BCUT2D eigenvalue weighted by molar-refractivity contribution is -0.219. The van der Waals surface area contributed by atoms with Gasteiger partial charge < -0.3 is 25.4 Å². The minimum absolute atomic E-state index is 0.123. The Kier molecular flexibility index (Phi) is 7.96. The summed E-state index contributed by atoms with van der Waals surface area (Å²) in [6.45, 7) is 5.14. The molecule has 0 saturated heterocycles. The van der Waals surface area contributed by atoms with Gasteiger partial charge in [-0.2, -0.15) is 0 Å². The Morgan fingerprint density at radius 3 is 2.61 bits per heavy atom. The number of hydrogen-bond donors (Lipinski definition) is 4. The van der Waals surface area contributed by atoms with Crippen molar-refractivity contribution in [2.24, 2.45) is 28.6 Å². The maximum absolute atomic E-state index is 17.2. The average molecular weight is 536 g/mol. The zero-order valence-corrected chi connectivity index (χ0v) is 22.7. The lowest BCUT2D eigenvalue weighted by Gasteiger charge is -2.62. The van der Waals surface area contributed by atoms with E-state index in [1.54, 1.807) is 26.8 Å². The Morgan fingerprint density at radius 2 is 1.89 bits per heavy atom. The number of hydrogen-bond acceptors (Lipinski definition) is 7. The van der Waals surface area contributed by atoms with Gasteiger partial charge in [0, 0.05) is 29.9 Å². The number of fused-ring (bicyclic) bond motifs is 5. The fourth-order valence-electron chi connectivity index (χ4n) is 8.21. The maximum Gasteiger partial charge on any atom is 0.407 e. The molecule has 4 rings (SSSR count). The summed E-state index contributed by atoms with van der Waals surface area (Å²) in [6, 6.07) is 0. The van der Waals surface area contributed by atoms with Crippen molar-refractivity contribution in [2.45, 2.75) is 89.5 Å². The summed E-state index contributed by atoms with van der Waals surface area (Å²) in [5, 5.41) is 34.7. The molecule has 212 valence electrons. The molecule has 9 heteroatoms. The van der Waals surface area contributed by atoms with E-state index < -0.39 is 58.5 Å². The summed E-state index contributed by atoms with van der Waals surface area (Å²) in [4.78, 5) is 37.6. The van der Waals surface area contributed by atoms with Gasteiger partial charge in [0.15, 0.2) is 18.1 Å². The van der Waals surface area contributed by atoms with Gasteiger partial charge in [-0.05, 0) is 69.4 Å². The van der Waals surface area contributed by atoms with Crippen LogP contribution < -0.4 is 5.32 Å². The van der Waals surface area contributed by atoms with Crippen molar-refractivity contribution in [3.63, 3.8) is 0 Å². The highest BCUT2D eigenvalue weighted by Crippen LogP contribution is 2.70. The summed E-state index contributed by atoms with van der Waals surface area (Å²) >= 11 is 0. The van der Waals surface area contributed by atoms with E-state index in [0.29, 0.717) is 44.2 Å². The van der Waals surface area contributed by atoms with E-state index in [1.165, 1.54) is 12.2 Å². The fourth-order valence-corrected chi connectivity index (χ4v) is 8.21. The van der Waals surface area contributed by atoms with E-state index in [-0.39, 0.29) is 24.7 Å². The molecule has 8 atom stereocenters. The van der Waals surface area contributed by atoms with E-state index in [0.717, 1.165) is 12.8 Å². The molecule has 8 nitrogen and oxygen atoms in total. The van der Waals surface area contributed by atoms with Crippen molar-refractivity contribution in [3.05, 3.63) is 23.8 Å². The largest absolute Gasteiger partial charge is 0.441 e. The van der Waals surface area contributed by atoms with Crippen LogP contribution in [0.15, 0.2) is 23.8 Å². The van der Waals surface area contributed by atoms with Gasteiger partial charge in [0.1, 0.15) is 5.60 Å². The predicted molar refractivity (Wildman–Crippen MR) is 138 cm³/mol. The van der Waals surface area contributed by atoms with Crippen LogP contribution in [0.3, 0.4) is 0 Å². The van der Waals surface area contributed by atoms with Crippen LogP contribution in [0.2, 0.25) is 0 Å². The highest BCUT2D eigenvalue weighted by molar-refractivity contribution is 6.01. The number of Topliss-reactive ketones (excluding diaryl/α,β-unsaturated/α-hetero) is 1. The van der Waals surface area contributed by atoms with Gasteiger partial charge in [0.25, 0.3) is 0 Å². The number of carbonyl (C=O) groups is 3. The first-order valence-corrected chi connectivity index (χ1v) is 13.9. The molecular weight excluding hydrogens is 493 g/mol. The zero-order valence-electron chi connectivity index (χ0n) is 22.7. The molecule has 4 aliphatic rings. The van der Waals surface area contributed by atoms with Gasteiger partial charge in [-0.25, -0.2) is 9.18 Å². The van der Waals surface area contributed by atoms with Crippen LogP contribution in [0.1, 0.15) is 72.1 Å². The minimum Gasteiger partial charge on any atom is -0.441 e. The third-order valence-corrected chi connectivity index (χ3v) is 10.3. The van der Waals surface area contributed by atoms with Crippen LogP contribution in [0.5, 0.6) is 0 Å². The third kappa shape index (κ3) is 4.25. The molecule has 0 spiro atoms. The number of allylic oxidation sites excluding steroid dienone is 4. The molecule has 0 aromatic heterocycles. The lowest BCUT2D eigenvalue weighted by atomic mass is 9.44. The van der Waals surface area contributed by atoms with Crippen LogP contribution in [-0.2, 0) is 14.3 Å². The number of aliphatic hydroxyl groups is 3. The van der Waals surface area contributed by atoms with Crippen molar-refractivity contribution in [1.82, 2.24) is 5.32 Å². The van der Waals surface area contributed by atoms with E-state index >= 15 is 4.39 Å². The van der Waals surface area contributed by atoms with Gasteiger partial charge in [-0.3, -0.25) is 9.59 Å². The molecule has 38 heavy (non-hydrogen) atoms. The molecule has 0 aromatic rings. The predicted octanol–water partition coefficient (Wildman–Crippen LogP) is 3.18. The molecule has 5 unspecified atom stereocenters. The van der Waals surface area contributed by atoms with Crippen molar-refractivity contribution >= 4 is 17.7 Å². The number of carbonyl (C=O) groups excluding carboxylic acids is 3. The van der Waals surface area contributed by atoms with Gasteiger partial charge in [-0.1, -0.05) is 38.3 Å². The SMILES string of the molecule is C[C@@H]1CC2C3CCC4=CC(=O)C=CC4(C)[C@@]3(F)C(O)CC2(C)[C@@]1(O)C(=O)COC(=O)NCCCCCCO. The Morgan fingerprint density at radius 1 is 1.18 bits per heavy atom. The Balaban J connectivity index is 1.48. The average Bonchev–Trinajstić information content (AvgIpc) is 3.07. The summed E-state index contributed by atoms with van der Waals surface area (Å²) in [6.07, 6.45) is 6.54. The van der Waals surface area contributed by atoms with Crippen molar-refractivity contribution < 1.29 is 38.8 Å². The first-order valence-electron chi connectivity index (χ1n) is 13.9. The summed E-state index contributed by atoms with van der Waals surface area (Å²) in [5.74, 6) is -2.34. The molecule has 3 fully saturated rings. The smallest absolute Gasteiger partial charge is 0.407 e. The second kappa shape index (κ2) is 10.5. The third-order valence-electron chi connectivity index (χ3n) is 10.3. The number of alkyl halides is 1. The quantitative estimate of drug-likeness (QED) is 0.333. The number of amides is 1.